The molecule has 0 spiro atoms. The van der Waals surface area contributed by atoms with Crippen LogP contribution in [0.5, 0.6) is 0 Å². The Labute approximate surface area is 124 Å². The van der Waals surface area contributed by atoms with Crippen LogP contribution in [0, 0.1) is 11.7 Å². The highest BCUT2D eigenvalue weighted by atomic mass is 32.1. The standard InChI is InChI=1S/C17H18N2S/c1-12-7-6-10-15-16(12)18-17(20)19(15)13(2)11-14-8-4-3-5-9-14/h3-10,13H,11H2,1-2H3,(H,18,20). The topological polar surface area (TPSA) is 20.7 Å². The molecule has 3 heteroatoms. The molecule has 1 aromatic heterocycles. The molecule has 0 fully saturated rings. The first-order valence-corrected chi connectivity index (χ1v) is 7.31. The molecule has 102 valence electrons. The van der Waals surface area contributed by atoms with E-state index in [1.165, 1.54) is 16.6 Å². The van der Waals surface area contributed by atoms with Crippen molar-refractivity contribution in [1.29, 1.82) is 0 Å². The molecule has 0 saturated heterocycles. The molecule has 1 unspecified atom stereocenters. The van der Waals surface area contributed by atoms with Crippen LogP contribution >= 0.6 is 12.2 Å². The van der Waals surface area contributed by atoms with Gasteiger partial charge in [-0.15, -0.1) is 0 Å². The van der Waals surface area contributed by atoms with Crippen molar-refractivity contribution in [3.05, 3.63) is 64.4 Å². The molecule has 3 rings (SSSR count). The van der Waals surface area contributed by atoms with Crippen LogP contribution in [-0.2, 0) is 6.42 Å². The van der Waals surface area contributed by atoms with E-state index in [4.69, 9.17) is 12.2 Å². The summed E-state index contributed by atoms with van der Waals surface area (Å²) in [6, 6.07) is 17.2. The van der Waals surface area contributed by atoms with Gasteiger partial charge in [-0.25, -0.2) is 0 Å². The van der Waals surface area contributed by atoms with E-state index in [1.807, 2.05) is 0 Å². The normalized spacial score (nSPS) is 12.7. The number of aryl methyl sites for hydroxylation is 1. The molecule has 0 radical (unpaired) electrons. The first kappa shape index (κ1) is 13.1. The van der Waals surface area contributed by atoms with Crippen molar-refractivity contribution in [2.45, 2.75) is 26.3 Å². The van der Waals surface area contributed by atoms with Gasteiger partial charge in [0, 0.05) is 6.04 Å². The molecule has 0 bridgehead atoms. The lowest BCUT2D eigenvalue weighted by molar-refractivity contribution is 0.553. The molecule has 1 atom stereocenters. The van der Waals surface area contributed by atoms with Crippen LogP contribution in [-0.4, -0.2) is 9.55 Å². The van der Waals surface area contributed by atoms with Gasteiger partial charge < -0.3 is 9.55 Å². The molecule has 2 aromatic carbocycles. The van der Waals surface area contributed by atoms with Crippen molar-refractivity contribution in [3.63, 3.8) is 0 Å². The number of nitrogens with zero attached hydrogens (tertiary/aromatic N) is 1. The zero-order valence-electron chi connectivity index (χ0n) is 11.8. The number of hydrogen-bond acceptors (Lipinski definition) is 1. The van der Waals surface area contributed by atoms with Gasteiger partial charge in [0.1, 0.15) is 0 Å². The fraction of sp³-hybridized carbons (Fsp3) is 0.235. The van der Waals surface area contributed by atoms with Gasteiger partial charge in [-0.1, -0.05) is 42.5 Å². The number of imidazole rings is 1. The number of aromatic amines is 1. The van der Waals surface area contributed by atoms with Crippen molar-refractivity contribution >= 4 is 23.3 Å². The lowest BCUT2D eigenvalue weighted by Crippen LogP contribution is -2.08. The summed E-state index contributed by atoms with van der Waals surface area (Å²) in [6.07, 6.45) is 0.982. The monoisotopic (exact) mass is 282 g/mol. The fourth-order valence-electron chi connectivity index (χ4n) is 2.78. The molecular weight excluding hydrogens is 264 g/mol. The molecule has 0 amide bonds. The third-order valence-electron chi connectivity index (χ3n) is 3.78. The lowest BCUT2D eigenvalue weighted by atomic mass is 10.1. The highest BCUT2D eigenvalue weighted by Crippen LogP contribution is 2.23. The van der Waals surface area contributed by atoms with Crippen molar-refractivity contribution in [1.82, 2.24) is 9.55 Å². The molecule has 2 nitrogen and oxygen atoms in total. The summed E-state index contributed by atoms with van der Waals surface area (Å²) in [7, 11) is 0. The second-order valence-electron chi connectivity index (χ2n) is 5.31. The zero-order chi connectivity index (χ0) is 14.1. The summed E-state index contributed by atoms with van der Waals surface area (Å²) in [5.41, 5.74) is 4.92. The second-order valence-corrected chi connectivity index (χ2v) is 5.69. The molecule has 1 heterocycles. The van der Waals surface area contributed by atoms with E-state index >= 15 is 0 Å². The van der Waals surface area contributed by atoms with Crippen LogP contribution in [0.3, 0.4) is 0 Å². The van der Waals surface area contributed by atoms with Crippen molar-refractivity contribution in [3.8, 4) is 0 Å². The Morgan fingerprint density at radius 3 is 2.60 bits per heavy atom. The van der Waals surface area contributed by atoms with Gasteiger partial charge in [-0.2, -0.15) is 0 Å². The summed E-state index contributed by atoms with van der Waals surface area (Å²) >= 11 is 5.51. The van der Waals surface area contributed by atoms with Gasteiger partial charge in [0.05, 0.1) is 11.0 Å². The van der Waals surface area contributed by atoms with Gasteiger partial charge in [0.25, 0.3) is 0 Å². The molecule has 0 saturated carbocycles. The van der Waals surface area contributed by atoms with Crippen LogP contribution in [0.15, 0.2) is 48.5 Å². The molecule has 0 aliphatic carbocycles. The Morgan fingerprint density at radius 1 is 1.10 bits per heavy atom. The summed E-state index contributed by atoms with van der Waals surface area (Å²) in [4.78, 5) is 3.34. The van der Waals surface area contributed by atoms with Crippen molar-refractivity contribution in [2.75, 3.05) is 0 Å². The highest BCUT2D eigenvalue weighted by Gasteiger charge is 2.12. The fourth-order valence-corrected chi connectivity index (χ4v) is 3.16. The lowest BCUT2D eigenvalue weighted by Gasteiger charge is -2.15. The van der Waals surface area contributed by atoms with Gasteiger partial charge in [-0.3, -0.25) is 0 Å². The summed E-state index contributed by atoms with van der Waals surface area (Å²) < 4.78 is 3.03. The Bertz CT molecular complexity index is 784. The number of H-pyrrole nitrogens is 1. The smallest absolute Gasteiger partial charge is 0.178 e. The molecule has 0 aliphatic heterocycles. The van der Waals surface area contributed by atoms with E-state index in [2.05, 4.69) is 71.9 Å². The van der Waals surface area contributed by atoms with E-state index in [0.29, 0.717) is 6.04 Å². The van der Waals surface area contributed by atoms with Crippen molar-refractivity contribution < 1.29 is 0 Å². The average Bonchev–Trinajstić information content (AvgIpc) is 2.78. The maximum absolute atomic E-state index is 5.51. The molecule has 1 N–H and O–H groups in total. The third-order valence-corrected chi connectivity index (χ3v) is 4.07. The number of fused-ring (bicyclic) bond motifs is 1. The Kier molecular flexibility index (Phi) is 3.45. The summed E-state index contributed by atoms with van der Waals surface area (Å²) in [6.45, 7) is 4.33. The average molecular weight is 282 g/mol. The number of nitrogens with one attached hydrogen (secondary N) is 1. The molecular formula is C17H18N2S. The van der Waals surface area contributed by atoms with E-state index in [0.717, 1.165) is 16.7 Å². The zero-order valence-corrected chi connectivity index (χ0v) is 12.6. The number of rotatable bonds is 3. The van der Waals surface area contributed by atoms with Crippen molar-refractivity contribution in [2.24, 2.45) is 0 Å². The Hall–Kier alpha value is -1.87. The van der Waals surface area contributed by atoms with Gasteiger partial charge in [-0.05, 0) is 49.7 Å². The number of hydrogen-bond donors (Lipinski definition) is 1. The minimum atomic E-state index is 0.334. The van der Waals surface area contributed by atoms with Crippen LogP contribution in [0.4, 0.5) is 0 Å². The largest absolute Gasteiger partial charge is 0.330 e. The first-order valence-electron chi connectivity index (χ1n) is 6.90. The van der Waals surface area contributed by atoms with Gasteiger partial charge in [0.2, 0.25) is 0 Å². The third kappa shape index (κ3) is 2.29. The van der Waals surface area contributed by atoms with Crippen LogP contribution in [0.1, 0.15) is 24.1 Å². The predicted octanol–water partition coefficient (Wildman–Crippen LogP) is 4.81. The number of benzene rings is 2. The quantitative estimate of drug-likeness (QED) is 0.684. The second kappa shape index (κ2) is 5.25. The summed E-state index contributed by atoms with van der Waals surface area (Å²) in [5, 5.41) is 0. The molecule has 3 aromatic rings. The maximum Gasteiger partial charge on any atom is 0.178 e. The van der Waals surface area contributed by atoms with Crippen LogP contribution in [0.2, 0.25) is 0 Å². The van der Waals surface area contributed by atoms with Gasteiger partial charge in [0.15, 0.2) is 4.77 Å². The van der Waals surface area contributed by atoms with E-state index < -0.39 is 0 Å². The maximum atomic E-state index is 5.51. The Morgan fingerprint density at radius 2 is 1.85 bits per heavy atom. The highest BCUT2D eigenvalue weighted by molar-refractivity contribution is 7.71. The summed E-state index contributed by atoms with van der Waals surface area (Å²) in [5.74, 6) is 0. The van der Waals surface area contributed by atoms with Crippen LogP contribution < -0.4 is 0 Å². The minimum Gasteiger partial charge on any atom is -0.330 e. The van der Waals surface area contributed by atoms with E-state index in [-0.39, 0.29) is 0 Å². The molecule has 20 heavy (non-hydrogen) atoms. The number of para-hydroxylation sites is 1. The van der Waals surface area contributed by atoms with Crippen LogP contribution in [0.25, 0.3) is 11.0 Å². The van der Waals surface area contributed by atoms with E-state index in [9.17, 15) is 0 Å². The SMILES string of the molecule is Cc1cccc2c1[nH]c(=S)n2C(C)Cc1ccccc1. The molecule has 0 aliphatic rings. The predicted molar refractivity (Wildman–Crippen MR) is 86.7 cm³/mol. The van der Waals surface area contributed by atoms with Gasteiger partial charge >= 0.3 is 0 Å². The first-order chi connectivity index (χ1) is 9.66. The Balaban J connectivity index is 2.04. The number of aromatic nitrogens is 2. The van der Waals surface area contributed by atoms with E-state index in [1.54, 1.807) is 0 Å². The minimum absolute atomic E-state index is 0.334.